The van der Waals surface area contributed by atoms with Crippen LogP contribution in [-0.2, 0) is 14.4 Å². The van der Waals surface area contributed by atoms with Crippen molar-refractivity contribution in [1.29, 1.82) is 0 Å². The number of non-ortho nitro benzene ring substituents is 1. The minimum absolute atomic E-state index is 0.0349. The summed E-state index contributed by atoms with van der Waals surface area (Å²) in [5.41, 5.74) is 0.837. The third-order valence-electron chi connectivity index (χ3n) is 5.03. The molecule has 1 saturated heterocycles. The van der Waals surface area contributed by atoms with E-state index < -0.39 is 4.92 Å². The second kappa shape index (κ2) is 8.40. The van der Waals surface area contributed by atoms with Crippen molar-refractivity contribution in [3.63, 3.8) is 0 Å². The van der Waals surface area contributed by atoms with Gasteiger partial charge in [-0.05, 0) is 24.3 Å². The molecule has 7 nitrogen and oxygen atoms in total. The van der Waals surface area contributed by atoms with Gasteiger partial charge in [-0.1, -0.05) is 31.4 Å². The van der Waals surface area contributed by atoms with Crippen LogP contribution in [0, 0.1) is 16.0 Å². The van der Waals surface area contributed by atoms with Crippen molar-refractivity contribution < 1.29 is 19.3 Å². The van der Waals surface area contributed by atoms with Crippen molar-refractivity contribution in [3.8, 4) is 0 Å². The van der Waals surface area contributed by atoms with Crippen LogP contribution < -0.4 is 0 Å². The number of hydrogen-bond donors (Lipinski definition) is 0. The van der Waals surface area contributed by atoms with Crippen LogP contribution in [0.2, 0.25) is 0 Å². The summed E-state index contributed by atoms with van der Waals surface area (Å²) in [4.78, 5) is 29.0. The third kappa shape index (κ3) is 4.55. The zero-order valence-corrected chi connectivity index (χ0v) is 14.3. The lowest BCUT2D eigenvalue weighted by Gasteiger charge is -2.32. The topological polar surface area (TPSA) is 81.9 Å². The maximum atomic E-state index is 12.9. The summed E-state index contributed by atoms with van der Waals surface area (Å²) in [5.74, 6) is -0.407. The highest BCUT2D eigenvalue weighted by atomic mass is 16.7. The number of hydrogen-bond acceptors (Lipinski definition) is 6. The zero-order chi connectivity index (χ0) is 17.6. The van der Waals surface area contributed by atoms with Gasteiger partial charge in [0.25, 0.3) is 5.69 Å². The van der Waals surface area contributed by atoms with Crippen molar-refractivity contribution in [2.75, 3.05) is 26.3 Å². The Labute approximate surface area is 147 Å². The standard InChI is InChI=1S/C18H24N2O5/c21-18(25-19-10-12-24-13-11-19)17(14-4-2-1-3-5-14)15-6-8-16(9-7-15)20(22)23/h6-9,14,17H,1-5,10-13H2. The van der Waals surface area contributed by atoms with Gasteiger partial charge in [-0.15, -0.1) is 5.06 Å². The monoisotopic (exact) mass is 348 g/mol. The Balaban J connectivity index is 1.78. The van der Waals surface area contributed by atoms with E-state index >= 15 is 0 Å². The van der Waals surface area contributed by atoms with Gasteiger partial charge in [-0.3, -0.25) is 10.1 Å². The lowest BCUT2D eigenvalue weighted by atomic mass is 9.77. The lowest BCUT2D eigenvalue weighted by Crippen LogP contribution is -2.40. The molecule has 136 valence electrons. The Bertz CT molecular complexity index is 592. The van der Waals surface area contributed by atoms with E-state index in [0.717, 1.165) is 31.2 Å². The van der Waals surface area contributed by atoms with E-state index in [4.69, 9.17) is 9.57 Å². The molecule has 1 saturated carbocycles. The number of nitro groups is 1. The number of carbonyl (C=O) groups excluding carboxylic acids is 1. The Morgan fingerprint density at radius 1 is 1.16 bits per heavy atom. The molecule has 1 aromatic carbocycles. The van der Waals surface area contributed by atoms with Crippen LogP contribution in [0.1, 0.15) is 43.6 Å². The molecule has 7 heteroatoms. The fourth-order valence-electron chi connectivity index (χ4n) is 3.69. The summed E-state index contributed by atoms with van der Waals surface area (Å²) in [7, 11) is 0. The SMILES string of the molecule is O=C(ON1CCOCC1)C(c1ccc([N+](=O)[O-])cc1)C1CCCCC1. The Morgan fingerprint density at radius 2 is 1.80 bits per heavy atom. The average Bonchev–Trinajstić information content (AvgIpc) is 2.64. The van der Waals surface area contributed by atoms with Gasteiger partial charge in [0.05, 0.1) is 37.1 Å². The van der Waals surface area contributed by atoms with Crippen molar-refractivity contribution >= 4 is 11.7 Å². The van der Waals surface area contributed by atoms with E-state index in [2.05, 4.69) is 0 Å². The second-order valence-electron chi connectivity index (χ2n) is 6.68. The van der Waals surface area contributed by atoms with Gasteiger partial charge >= 0.3 is 5.97 Å². The van der Waals surface area contributed by atoms with E-state index in [1.54, 1.807) is 17.2 Å². The third-order valence-corrected chi connectivity index (χ3v) is 5.03. The molecule has 25 heavy (non-hydrogen) atoms. The number of carbonyl (C=O) groups is 1. The van der Waals surface area contributed by atoms with Crippen LogP contribution in [-0.4, -0.2) is 42.3 Å². The van der Waals surface area contributed by atoms with Gasteiger partial charge < -0.3 is 9.57 Å². The Hall–Kier alpha value is -1.99. The smallest absolute Gasteiger partial charge is 0.332 e. The summed E-state index contributed by atoms with van der Waals surface area (Å²) >= 11 is 0. The summed E-state index contributed by atoms with van der Waals surface area (Å²) in [6.45, 7) is 2.25. The number of rotatable bonds is 5. The molecule has 0 aromatic heterocycles. The first kappa shape index (κ1) is 17.8. The predicted octanol–water partition coefficient (Wildman–Crippen LogP) is 3.05. The van der Waals surface area contributed by atoms with Gasteiger partial charge in [-0.25, -0.2) is 4.79 Å². The molecule has 1 atom stereocenters. The summed E-state index contributed by atoms with van der Waals surface area (Å²) in [5, 5.41) is 12.5. The van der Waals surface area contributed by atoms with Gasteiger partial charge in [0.15, 0.2) is 0 Å². The molecular formula is C18H24N2O5. The minimum Gasteiger partial charge on any atom is -0.379 e. The fourth-order valence-corrected chi connectivity index (χ4v) is 3.69. The van der Waals surface area contributed by atoms with Crippen LogP contribution in [0.3, 0.4) is 0 Å². The van der Waals surface area contributed by atoms with E-state index in [1.807, 2.05) is 0 Å². The molecular weight excluding hydrogens is 324 g/mol. The fraction of sp³-hybridized carbons (Fsp3) is 0.611. The van der Waals surface area contributed by atoms with Crippen molar-refractivity contribution in [1.82, 2.24) is 5.06 Å². The molecule has 1 unspecified atom stereocenters. The molecule has 2 fully saturated rings. The highest BCUT2D eigenvalue weighted by molar-refractivity contribution is 5.78. The minimum atomic E-state index is -0.425. The number of nitro benzene ring substituents is 1. The first-order valence-electron chi connectivity index (χ1n) is 8.94. The highest BCUT2D eigenvalue weighted by Crippen LogP contribution is 2.37. The quantitative estimate of drug-likeness (QED) is 0.601. The van der Waals surface area contributed by atoms with Crippen molar-refractivity contribution in [2.45, 2.75) is 38.0 Å². The van der Waals surface area contributed by atoms with Gasteiger partial charge in [0, 0.05) is 12.1 Å². The van der Waals surface area contributed by atoms with Gasteiger partial charge in [-0.2, -0.15) is 0 Å². The zero-order valence-electron chi connectivity index (χ0n) is 14.3. The maximum Gasteiger partial charge on any atom is 0.332 e. The Morgan fingerprint density at radius 3 is 2.40 bits per heavy atom. The van der Waals surface area contributed by atoms with Gasteiger partial charge in [0.2, 0.25) is 0 Å². The van der Waals surface area contributed by atoms with E-state index in [0.29, 0.717) is 26.3 Å². The van der Waals surface area contributed by atoms with Crippen molar-refractivity contribution in [2.24, 2.45) is 5.92 Å². The number of morpholine rings is 1. The number of hydroxylamine groups is 2. The van der Waals surface area contributed by atoms with Crippen LogP contribution in [0.4, 0.5) is 5.69 Å². The number of ether oxygens (including phenoxy) is 1. The van der Waals surface area contributed by atoms with Crippen LogP contribution >= 0.6 is 0 Å². The van der Waals surface area contributed by atoms with Crippen LogP contribution in [0.25, 0.3) is 0 Å². The molecule has 1 aliphatic heterocycles. The molecule has 0 bridgehead atoms. The first-order chi connectivity index (χ1) is 12.1. The summed E-state index contributed by atoms with van der Waals surface area (Å²) in [6.07, 6.45) is 5.39. The molecule has 3 rings (SSSR count). The van der Waals surface area contributed by atoms with E-state index in [-0.39, 0.29) is 23.5 Å². The van der Waals surface area contributed by atoms with Crippen molar-refractivity contribution in [3.05, 3.63) is 39.9 Å². The first-order valence-corrected chi connectivity index (χ1v) is 8.94. The number of nitrogens with zero attached hydrogens (tertiary/aromatic N) is 2. The largest absolute Gasteiger partial charge is 0.379 e. The normalized spacial score (nSPS) is 20.8. The molecule has 1 aliphatic carbocycles. The lowest BCUT2D eigenvalue weighted by molar-refractivity contribution is -0.384. The molecule has 0 N–H and O–H groups in total. The molecule has 1 aromatic rings. The predicted molar refractivity (Wildman–Crippen MR) is 90.9 cm³/mol. The van der Waals surface area contributed by atoms with E-state index in [1.165, 1.54) is 18.6 Å². The summed E-state index contributed by atoms with van der Waals surface area (Å²) in [6, 6.07) is 6.32. The van der Waals surface area contributed by atoms with E-state index in [9.17, 15) is 14.9 Å². The molecule has 0 spiro atoms. The molecule has 0 amide bonds. The highest BCUT2D eigenvalue weighted by Gasteiger charge is 2.34. The second-order valence-corrected chi connectivity index (χ2v) is 6.68. The molecule has 2 aliphatic rings. The van der Waals surface area contributed by atoms with Gasteiger partial charge in [0.1, 0.15) is 0 Å². The average molecular weight is 348 g/mol. The summed E-state index contributed by atoms with van der Waals surface area (Å²) < 4.78 is 5.28. The maximum absolute atomic E-state index is 12.9. The molecule has 1 heterocycles. The van der Waals surface area contributed by atoms with Crippen LogP contribution in [0.15, 0.2) is 24.3 Å². The number of benzene rings is 1. The Kier molecular flexibility index (Phi) is 5.99. The molecule has 0 radical (unpaired) electrons. The van der Waals surface area contributed by atoms with Crippen LogP contribution in [0.5, 0.6) is 0 Å².